The highest BCUT2D eigenvalue weighted by Gasteiger charge is 2.20. The first-order chi connectivity index (χ1) is 14.2. The van der Waals surface area contributed by atoms with Crippen LogP contribution in [0.25, 0.3) is 0 Å². The number of hydrogen-bond acceptors (Lipinski definition) is 1. The highest BCUT2D eigenvalue weighted by Crippen LogP contribution is 2.17. The van der Waals surface area contributed by atoms with Crippen molar-refractivity contribution in [2.75, 3.05) is 0 Å². The van der Waals surface area contributed by atoms with Crippen LogP contribution in [-0.4, -0.2) is 11.9 Å². The van der Waals surface area contributed by atoms with Gasteiger partial charge in [-0.05, 0) is 62.5 Å². The van der Waals surface area contributed by atoms with Gasteiger partial charge in [0.05, 0.1) is 0 Å². The molecule has 0 aliphatic carbocycles. The third-order valence-corrected chi connectivity index (χ3v) is 5.71. The van der Waals surface area contributed by atoms with Crippen molar-refractivity contribution in [2.45, 2.75) is 84.1 Å². The molecule has 0 fully saturated rings. The summed E-state index contributed by atoms with van der Waals surface area (Å²) in [6.45, 7) is 4.35. The van der Waals surface area contributed by atoms with Crippen molar-refractivity contribution < 1.29 is 4.79 Å². The van der Waals surface area contributed by atoms with Crippen LogP contribution >= 0.6 is 0 Å². The Morgan fingerprint density at radius 3 is 1.59 bits per heavy atom. The number of aryl methyl sites for hydroxylation is 2. The summed E-state index contributed by atoms with van der Waals surface area (Å²) in [5.74, 6) is 0.453. The number of carbonyl (C=O) groups is 1. The van der Waals surface area contributed by atoms with Gasteiger partial charge in [0.1, 0.15) is 0 Å². The molecular formula is C27H39NO. The van der Waals surface area contributed by atoms with Crippen molar-refractivity contribution in [3.8, 4) is 0 Å². The number of rotatable bonds is 14. The first kappa shape index (κ1) is 23.2. The molecule has 2 rings (SSSR count). The molecule has 0 aliphatic rings. The minimum absolute atomic E-state index is 0.177. The molecule has 0 radical (unpaired) electrons. The van der Waals surface area contributed by atoms with Crippen LogP contribution in [0.4, 0.5) is 0 Å². The second-order valence-corrected chi connectivity index (χ2v) is 8.24. The van der Waals surface area contributed by atoms with E-state index in [1.807, 2.05) is 0 Å². The average Bonchev–Trinajstić information content (AvgIpc) is 2.75. The van der Waals surface area contributed by atoms with Crippen LogP contribution in [0.2, 0.25) is 0 Å². The molecule has 2 aromatic rings. The van der Waals surface area contributed by atoms with E-state index >= 15 is 0 Å². The summed E-state index contributed by atoms with van der Waals surface area (Å²) >= 11 is 0. The van der Waals surface area contributed by atoms with E-state index in [0.717, 1.165) is 64.2 Å². The van der Waals surface area contributed by atoms with Crippen molar-refractivity contribution in [1.82, 2.24) is 5.32 Å². The van der Waals surface area contributed by atoms with Crippen molar-refractivity contribution in [2.24, 2.45) is 5.92 Å². The average molecular weight is 394 g/mol. The Morgan fingerprint density at radius 2 is 1.17 bits per heavy atom. The SMILES string of the molecule is CCCC(CCC)C(=O)NC(CCCc1ccccc1)CCCc1ccccc1. The van der Waals surface area contributed by atoms with Crippen LogP contribution < -0.4 is 5.32 Å². The summed E-state index contributed by atoms with van der Waals surface area (Å²) in [6, 6.07) is 21.6. The Balaban J connectivity index is 1.88. The first-order valence-electron chi connectivity index (χ1n) is 11.6. The van der Waals surface area contributed by atoms with E-state index in [-0.39, 0.29) is 17.9 Å². The predicted octanol–water partition coefficient (Wildman–Crippen LogP) is 6.73. The van der Waals surface area contributed by atoms with Gasteiger partial charge in [-0.1, -0.05) is 87.4 Å². The fraction of sp³-hybridized carbons (Fsp3) is 0.519. The zero-order valence-corrected chi connectivity index (χ0v) is 18.4. The Hall–Kier alpha value is -2.09. The van der Waals surface area contributed by atoms with Gasteiger partial charge in [-0.25, -0.2) is 0 Å². The van der Waals surface area contributed by atoms with Gasteiger partial charge < -0.3 is 5.32 Å². The van der Waals surface area contributed by atoms with Crippen molar-refractivity contribution in [1.29, 1.82) is 0 Å². The van der Waals surface area contributed by atoms with Crippen molar-refractivity contribution >= 4 is 5.91 Å². The summed E-state index contributed by atoms with van der Waals surface area (Å²) in [7, 11) is 0. The maximum Gasteiger partial charge on any atom is 0.223 e. The van der Waals surface area contributed by atoms with Gasteiger partial charge in [0.25, 0.3) is 0 Å². The number of nitrogens with one attached hydrogen (secondary N) is 1. The predicted molar refractivity (Wildman–Crippen MR) is 124 cm³/mol. The van der Waals surface area contributed by atoms with Crippen LogP contribution in [0.15, 0.2) is 60.7 Å². The maximum absolute atomic E-state index is 12.9. The molecule has 0 aromatic heterocycles. The molecule has 0 aliphatic heterocycles. The van der Waals surface area contributed by atoms with Crippen LogP contribution in [-0.2, 0) is 17.6 Å². The zero-order chi connectivity index (χ0) is 20.7. The van der Waals surface area contributed by atoms with Crippen LogP contribution in [0.5, 0.6) is 0 Å². The first-order valence-corrected chi connectivity index (χ1v) is 11.6. The lowest BCUT2D eigenvalue weighted by atomic mass is 9.95. The second-order valence-electron chi connectivity index (χ2n) is 8.24. The van der Waals surface area contributed by atoms with E-state index in [4.69, 9.17) is 0 Å². The summed E-state index contributed by atoms with van der Waals surface area (Å²) in [6.07, 6.45) is 10.7. The lowest BCUT2D eigenvalue weighted by Gasteiger charge is -2.23. The summed E-state index contributed by atoms with van der Waals surface area (Å²) in [5.41, 5.74) is 2.77. The largest absolute Gasteiger partial charge is 0.353 e. The molecule has 0 heterocycles. The summed E-state index contributed by atoms with van der Waals surface area (Å²) in [4.78, 5) is 12.9. The number of amides is 1. The maximum atomic E-state index is 12.9. The molecule has 0 spiro atoms. The fourth-order valence-electron chi connectivity index (χ4n) is 4.11. The third-order valence-electron chi connectivity index (χ3n) is 5.71. The van der Waals surface area contributed by atoms with Crippen LogP contribution in [0.1, 0.15) is 76.3 Å². The Morgan fingerprint density at radius 1 is 0.724 bits per heavy atom. The van der Waals surface area contributed by atoms with Gasteiger partial charge in [-0.2, -0.15) is 0 Å². The van der Waals surface area contributed by atoms with E-state index in [1.54, 1.807) is 0 Å². The molecule has 2 heteroatoms. The quantitative estimate of drug-likeness (QED) is 0.378. The highest BCUT2D eigenvalue weighted by molar-refractivity contribution is 5.78. The van der Waals surface area contributed by atoms with E-state index in [2.05, 4.69) is 79.8 Å². The highest BCUT2D eigenvalue weighted by atomic mass is 16.1. The molecule has 0 bridgehead atoms. The van der Waals surface area contributed by atoms with E-state index in [9.17, 15) is 4.79 Å². The van der Waals surface area contributed by atoms with Gasteiger partial charge in [0.15, 0.2) is 0 Å². The van der Waals surface area contributed by atoms with E-state index in [0.29, 0.717) is 0 Å². The normalized spacial score (nSPS) is 11.2. The molecule has 0 atom stereocenters. The molecule has 1 amide bonds. The lowest BCUT2D eigenvalue weighted by Crippen LogP contribution is -2.39. The molecule has 1 N–H and O–H groups in total. The zero-order valence-electron chi connectivity index (χ0n) is 18.4. The molecule has 0 saturated heterocycles. The Labute approximate surface area is 178 Å². The Bertz CT molecular complexity index is 616. The fourth-order valence-corrected chi connectivity index (χ4v) is 4.11. The number of benzene rings is 2. The van der Waals surface area contributed by atoms with Gasteiger partial charge in [0.2, 0.25) is 5.91 Å². The molecule has 2 aromatic carbocycles. The van der Waals surface area contributed by atoms with Crippen LogP contribution in [0, 0.1) is 5.92 Å². The standard InChI is InChI=1S/C27H39NO/c1-3-13-25(14-4-2)27(29)28-26(21-11-19-23-15-7-5-8-16-23)22-12-20-24-17-9-6-10-18-24/h5-10,15-18,25-26H,3-4,11-14,19-22H2,1-2H3,(H,28,29). The van der Waals surface area contributed by atoms with Crippen LogP contribution in [0.3, 0.4) is 0 Å². The molecule has 0 saturated carbocycles. The Kier molecular flexibility index (Phi) is 11.2. The third kappa shape index (κ3) is 9.30. The molecule has 0 unspecified atom stereocenters. The molecule has 29 heavy (non-hydrogen) atoms. The molecule has 158 valence electrons. The minimum atomic E-state index is 0.177. The van der Waals surface area contributed by atoms with Crippen molar-refractivity contribution in [3.63, 3.8) is 0 Å². The monoisotopic (exact) mass is 393 g/mol. The van der Waals surface area contributed by atoms with Gasteiger partial charge in [0, 0.05) is 12.0 Å². The van der Waals surface area contributed by atoms with Gasteiger partial charge in [-0.3, -0.25) is 4.79 Å². The summed E-state index contributed by atoms with van der Waals surface area (Å²) < 4.78 is 0. The van der Waals surface area contributed by atoms with Gasteiger partial charge in [-0.15, -0.1) is 0 Å². The lowest BCUT2D eigenvalue weighted by molar-refractivity contribution is -0.126. The van der Waals surface area contributed by atoms with Gasteiger partial charge >= 0.3 is 0 Å². The topological polar surface area (TPSA) is 29.1 Å². The molecule has 2 nitrogen and oxygen atoms in total. The van der Waals surface area contributed by atoms with E-state index < -0.39 is 0 Å². The smallest absolute Gasteiger partial charge is 0.223 e. The second kappa shape index (κ2) is 14.0. The summed E-state index contributed by atoms with van der Waals surface area (Å²) in [5, 5.41) is 3.42. The number of carbonyl (C=O) groups excluding carboxylic acids is 1. The van der Waals surface area contributed by atoms with Crippen molar-refractivity contribution in [3.05, 3.63) is 71.8 Å². The minimum Gasteiger partial charge on any atom is -0.353 e. The van der Waals surface area contributed by atoms with E-state index in [1.165, 1.54) is 11.1 Å². The molecular weight excluding hydrogens is 354 g/mol. The number of hydrogen-bond donors (Lipinski definition) is 1.